The number of nitrogens with one attached hydrogen (secondary N) is 2. The fraction of sp³-hybridized carbons (Fsp3) is 0.737. The highest BCUT2D eigenvalue weighted by molar-refractivity contribution is 5.79. The van der Waals surface area contributed by atoms with Gasteiger partial charge < -0.3 is 24.9 Å². The van der Waals surface area contributed by atoms with Gasteiger partial charge in [0.2, 0.25) is 0 Å². The number of furan rings is 1. The molecule has 142 valence electrons. The molecule has 1 aromatic rings. The molecule has 3 unspecified atom stereocenters. The lowest BCUT2D eigenvalue weighted by Gasteiger charge is -2.40. The zero-order valence-electron chi connectivity index (χ0n) is 15.9. The highest BCUT2D eigenvalue weighted by Gasteiger charge is 2.35. The molecule has 0 aromatic carbocycles. The van der Waals surface area contributed by atoms with Gasteiger partial charge in [-0.15, -0.1) is 0 Å². The van der Waals surface area contributed by atoms with Crippen molar-refractivity contribution < 1.29 is 14.3 Å². The van der Waals surface area contributed by atoms with Gasteiger partial charge in [-0.3, -0.25) is 4.99 Å². The molecule has 0 spiro atoms. The van der Waals surface area contributed by atoms with Crippen LogP contribution in [-0.2, 0) is 4.74 Å². The second kappa shape index (κ2) is 9.25. The standard InChI is InChI=1S/C19H33N3O3/c1-5-20-18(22-13-15(23)16-9-7-10-24-16)21-12-14-8-6-11-25-17(14)19(2,3)4/h7,9-10,14-15,17,23H,5-6,8,11-13H2,1-4H3,(H2,20,21,22). The minimum Gasteiger partial charge on any atom is -0.467 e. The van der Waals surface area contributed by atoms with Crippen LogP contribution < -0.4 is 10.6 Å². The van der Waals surface area contributed by atoms with Crippen molar-refractivity contribution in [3.8, 4) is 0 Å². The summed E-state index contributed by atoms with van der Waals surface area (Å²) in [5.74, 6) is 1.70. The third-order valence-electron chi connectivity index (χ3n) is 4.47. The predicted octanol–water partition coefficient (Wildman–Crippen LogP) is 2.71. The molecule has 1 aliphatic rings. The van der Waals surface area contributed by atoms with Crippen LogP contribution in [0.15, 0.2) is 27.8 Å². The van der Waals surface area contributed by atoms with Crippen LogP contribution in [0.1, 0.15) is 52.4 Å². The van der Waals surface area contributed by atoms with Gasteiger partial charge >= 0.3 is 0 Å². The topological polar surface area (TPSA) is 79.0 Å². The molecule has 6 heteroatoms. The molecule has 0 radical (unpaired) electrons. The zero-order valence-corrected chi connectivity index (χ0v) is 15.9. The van der Waals surface area contributed by atoms with E-state index in [0.29, 0.717) is 17.6 Å². The first kappa shape index (κ1) is 19.8. The lowest BCUT2D eigenvalue weighted by Crippen LogP contribution is -2.47. The molecule has 2 heterocycles. The number of aliphatic imine (C=N–C) groups is 1. The van der Waals surface area contributed by atoms with Gasteiger partial charge in [0.1, 0.15) is 11.9 Å². The summed E-state index contributed by atoms with van der Waals surface area (Å²) in [5.41, 5.74) is 0.123. The molecule has 1 aromatic heterocycles. The van der Waals surface area contributed by atoms with Crippen molar-refractivity contribution in [3.05, 3.63) is 24.2 Å². The number of guanidine groups is 1. The van der Waals surface area contributed by atoms with E-state index in [2.05, 4.69) is 36.4 Å². The van der Waals surface area contributed by atoms with E-state index >= 15 is 0 Å². The molecule has 0 bridgehead atoms. The van der Waals surface area contributed by atoms with Crippen LogP contribution in [0.2, 0.25) is 0 Å². The Labute approximate surface area is 151 Å². The van der Waals surface area contributed by atoms with Crippen LogP contribution in [-0.4, -0.2) is 43.4 Å². The van der Waals surface area contributed by atoms with E-state index in [9.17, 15) is 5.11 Å². The first-order chi connectivity index (χ1) is 11.9. The molecule has 3 N–H and O–H groups in total. The highest BCUT2D eigenvalue weighted by atomic mass is 16.5. The fourth-order valence-electron chi connectivity index (χ4n) is 3.33. The molecule has 25 heavy (non-hydrogen) atoms. The van der Waals surface area contributed by atoms with E-state index in [1.165, 1.54) is 0 Å². The first-order valence-corrected chi connectivity index (χ1v) is 9.27. The summed E-state index contributed by atoms with van der Waals surface area (Å²) in [6.07, 6.45) is 3.32. The van der Waals surface area contributed by atoms with Crippen LogP contribution in [0.25, 0.3) is 0 Å². The molecule has 1 fully saturated rings. The molecule has 1 saturated heterocycles. The lowest BCUT2D eigenvalue weighted by molar-refractivity contribution is -0.0835. The lowest BCUT2D eigenvalue weighted by atomic mass is 9.78. The smallest absolute Gasteiger partial charge is 0.191 e. The molecular weight excluding hydrogens is 318 g/mol. The summed E-state index contributed by atoms with van der Waals surface area (Å²) in [6, 6.07) is 3.52. The normalized spacial score (nSPS) is 23.3. The number of ether oxygens (including phenoxy) is 1. The van der Waals surface area contributed by atoms with Gasteiger partial charge in [0.25, 0.3) is 0 Å². The average Bonchev–Trinajstić information content (AvgIpc) is 3.11. The van der Waals surface area contributed by atoms with Crippen molar-refractivity contribution in [2.75, 3.05) is 26.2 Å². The molecule has 1 aliphatic heterocycles. The average molecular weight is 351 g/mol. The monoisotopic (exact) mass is 351 g/mol. The zero-order chi connectivity index (χ0) is 18.3. The first-order valence-electron chi connectivity index (χ1n) is 9.27. The summed E-state index contributed by atoms with van der Waals surface area (Å²) >= 11 is 0. The summed E-state index contributed by atoms with van der Waals surface area (Å²) in [5, 5.41) is 16.8. The number of hydrogen-bond acceptors (Lipinski definition) is 4. The minimum atomic E-state index is -0.731. The van der Waals surface area contributed by atoms with E-state index < -0.39 is 6.10 Å². The van der Waals surface area contributed by atoms with Crippen LogP contribution in [0, 0.1) is 11.3 Å². The van der Waals surface area contributed by atoms with Crippen LogP contribution >= 0.6 is 0 Å². The summed E-state index contributed by atoms with van der Waals surface area (Å²) < 4.78 is 11.3. The third kappa shape index (κ3) is 6.04. The summed E-state index contributed by atoms with van der Waals surface area (Å²) in [7, 11) is 0. The SMILES string of the molecule is CCNC(=NCC(O)c1ccco1)NCC1CCCOC1C(C)(C)C. The van der Waals surface area contributed by atoms with Gasteiger partial charge in [-0.25, -0.2) is 0 Å². The molecule has 0 aliphatic carbocycles. The van der Waals surface area contributed by atoms with Crippen molar-refractivity contribution in [1.82, 2.24) is 10.6 Å². The van der Waals surface area contributed by atoms with Crippen molar-refractivity contribution in [3.63, 3.8) is 0 Å². The van der Waals surface area contributed by atoms with Crippen molar-refractivity contribution >= 4 is 5.96 Å². The summed E-state index contributed by atoms with van der Waals surface area (Å²) in [6.45, 7) is 11.4. The van der Waals surface area contributed by atoms with Gasteiger partial charge in [0.15, 0.2) is 5.96 Å². The van der Waals surface area contributed by atoms with E-state index in [-0.39, 0.29) is 18.1 Å². The quantitative estimate of drug-likeness (QED) is 0.542. The summed E-state index contributed by atoms with van der Waals surface area (Å²) in [4.78, 5) is 4.48. The largest absolute Gasteiger partial charge is 0.467 e. The van der Waals surface area contributed by atoms with Crippen LogP contribution in [0.3, 0.4) is 0 Å². The maximum absolute atomic E-state index is 10.1. The highest BCUT2D eigenvalue weighted by Crippen LogP contribution is 2.33. The van der Waals surface area contributed by atoms with Crippen molar-refractivity contribution in [1.29, 1.82) is 0 Å². The maximum atomic E-state index is 10.1. The van der Waals surface area contributed by atoms with Gasteiger partial charge in [-0.1, -0.05) is 20.8 Å². The fourth-order valence-corrected chi connectivity index (χ4v) is 3.33. The van der Waals surface area contributed by atoms with Gasteiger partial charge in [-0.2, -0.15) is 0 Å². The molecular formula is C19H33N3O3. The number of rotatable bonds is 6. The predicted molar refractivity (Wildman–Crippen MR) is 99.6 cm³/mol. The minimum absolute atomic E-state index is 0.123. The number of aliphatic hydroxyl groups excluding tert-OH is 1. The third-order valence-corrected chi connectivity index (χ3v) is 4.47. The second-order valence-corrected chi connectivity index (χ2v) is 7.69. The number of aliphatic hydroxyl groups is 1. The Morgan fingerprint density at radius 3 is 2.84 bits per heavy atom. The van der Waals surface area contributed by atoms with E-state index in [1.807, 2.05) is 6.92 Å². The Morgan fingerprint density at radius 1 is 1.40 bits per heavy atom. The van der Waals surface area contributed by atoms with E-state index in [0.717, 1.165) is 32.5 Å². The van der Waals surface area contributed by atoms with Crippen LogP contribution in [0.4, 0.5) is 0 Å². The van der Waals surface area contributed by atoms with Crippen molar-refractivity contribution in [2.45, 2.75) is 52.7 Å². The second-order valence-electron chi connectivity index (χ2n) is 7.69. The molecule has 0 saturated carbocycles. The Bertz CT molecular complexity index is 523. The van der Waals surface area contributed by atoms with Gasteiger partial charge in [0, 0.05) is 25.6 Å². The number of nitrogens with zero attached hydrogens (tertiary/aromatic N) is 1. The molecule has 0 amide bonds. The maximum Gasteiger partial charge on any atom is 0.191 e. The van der Waals surface area contributed by atoms with E-state index in [4.69, 9.17) is 9.15 Å². The number of hydrogen-bond donors (Lipinski definition) is 3. The molecule has 6 nitrogen and oxygen atoms in total. The van der Waals surface area contributed by atoms with E-state index in [1.54, 1.807) is 18.4 Å². The Kier molecular flexibility index (Phi) is 7.32. The Balaban J connectivity index is 1.92. The Hall–Kier alpha value is -1.53. The molecule has 2 rings (SSSR count). The van der Waals surface area contributed by atoms with Gasteiger partial charge in [-0.05, 0) is 37.3 Å². The Morgan fingerprint density at radius 2 is 2.20 bits per heavy atom. The van der Waals surface area contributed by atoms with Gasteiger partial charge in [0.05, 0.1) is 18.9 Å². The van der Waals surface area contributed by atoms with Crippen LogP contribution in [0.5, 0.6) is 0 Å². The van der Waals surface area contributed by atoms with Crippen molar-refractivity contribution in [2.24, 2.45) is 16.3 Å². The molecule has 3 atom stereocenters.